The first-order valence-corrected chi connectivity index (χ1v) is 12.1. The number of nitrogens with one attached hydrogen (secondary N) is 1. The van der Waals surface area contributed by atoms with Crippen LogP contribution in [0, 0.1) is 11.3 Å². The van der Waals surface area contributed by atoms with Crippen molar-refractivity contribution in [2.75, 3.05) is 5.32 Å². The van der Waals surface area contributed by atoms with Crippen molar-refractivity contribution in [3.05, 3.63) is 107 Å². The van der Waals surface area contributed by atoms with Crippen LogP contribution in [0.1, 0.15) is 28.9 Å². The van der Waals surface area contributed by atoms with Crippen molar-refractivity contribution in [3.63, 3.8) is 0 Å². The Hall–Kier alpha value is -4.26. The predicted molar refractivity (Wildman–Crippen MR) is 130 cm³/mol. The summed E-state index contributed by atoms with van der Waals surface area (Å²) in [6.07, 6.45) is 0. The van der Waals surface area contributed by atoms with Crippen LogP contribution in [0.5, 0.6) is 0 Å². The minimum absolute atomic E-state index is 0.00363. The first-order chi connectivity index (χ1) is 16.8. The molecule has 1 aliphatic heterocycles. The molecule has 1 amide bonds. The van der Waals surface area contributed by atoms with Gasteiger partial charge in [0.05, 0.1) is 28.3 Å². The molecule has 3 N–H and O–H groups in total. The Labute approximate surface area is 203 Å². The third kappa shape index (κ3) is 4.45. The van der Waals surface area contributed by atoms with Crippen LogP contribution < -0.4 is 11.1 Å². The number of ketones is 1. The van der Waals surface area contributed by atoms with Gasteiger partial charge in [0.25, 0.3) is 0 Å². The van der Waals surface area contributed by atoms with E-state index in [0.29, 0.717) is 11.3 Å². The average molecular weight is 487 g/mol. The fraction of sp³-hybridized carbons (Fsp3) is 0.115. The highest BCUT2D eigenvalue weighted by atomic mass is 32.2. The Kier molecular flexibility index (Phi) is 6.51. The molecular weight excluding hydrogens is 464 g/mol. The van der Waals surface area contributed by atoms with E-state index in [1.54, 1.807) is 60.7 Å². The Morgan fingerprint density at radius 1 is 0.943 bits per heavy atom. The number of Topliss-reactive ketones (excluding diaryl/α,β-unsaturated/α-hetero) is 1. The fourth-order valence-corrected chi connectivity index (χ4v) is 5.84. The van der Waals surface area contributed by atoms with Gasteiger partial charge in [-0.2, -0.15) is 9.57 Å². The first-order valence-electron chi connectivity index (χ1n) is 10.7. The normalized spacial score (nSPS) is 18.2. The molecule has 3 aromatic rings. The molecule has 1 aliphatic rings. The lowest BCUT2D eigenvalue weighted by Gasteiger charge is -2.30. The second-order valence-corrected chi connectivity index (χ2v) is 9.81. The van der Waals surface area contributed by atoms with Crippen LogP contribution in [0.2, 0.25) is 0 Å². The molecule has 0 fully saturated rings. The molecule has 4 rings (SSSR count). The van der Waals surface area contributed by atoms with Crippen LogP contribution in [0.25, 0.3) is 0 Å². The van der Waals surface area contributed by atoms with Gasteiger partial charge in [-0.15, -0.1) is 0 Å². The van der Waals surface area contributed by atoms with Gasteiger partial charge in [0.15, 0.2) is 5.78 Å². The minimum Gasteiger partial charge on any atom is -0.399 e. The molecule has 3 aromatic carbocycles. The number of benzene rings is 3. The molecule has 0 bridgehead atoms. The van der Waals surface area contributed by atoms with E-state index in [2.05, 4.69) is 5.32 Å². The number of hydrogen-bond donors (Lipinski definition) is 2. The average Bonchev–Trinajstić information content (AvgIpc) is 3.17. The SMILES string of the molecule is CC(=O)Nc1ccc(S(=O)(=O)N2[C@@H](C(=O)c3ccccc3)C(N)=C(C#N)[C@H]2c2ccccc2)cc1. The van der Waals surface area contributed by atoms with Gasteiger partial charge < -0.3 is 11.1 Å². The topological polar surface area (TPSA) is 133 Å². The number of carbonyl (C=O) groups excluding carboxylic acids is 2. The van der Waals surface area contributed by atoms with E-state index in [0.717, 1.165) is 4.31 Å². The number of nitrogens with two attached hydrogens (primary N) is 1. The second kappa shape index (κ2) is 9.54. The molecule has 0 saturated heterocycles. The maximum atomic E-state index is 14.0. The van der Waals surface area contributed by atoms with Crippen LogP contribution in [0.15, 0.2) is 101 Å². The number of rotatable bonds is 6. The smallest absolute Gasteiger partial charge is 0.245 e. The second-order valence-electron chi connectivity index (χ2n) is 7.97. The Bertz CT molecular complexity index is 1440. The van der Waals surface area contributed by atoms with Crippen molar-refractivity contribution >= 4 is 27.4 Å². The van der Waals surface area contributed by atoms with Crippen molar-refractivity contribution in [3.8, 4) is 6.07 Å². The molecule has 2 atom stereocenters. The number of hydrogen-bond acceptors (Lipinski definition) is 6. The summed E-state index contributed by atoms with van der Waals surface area (Å²) in [5.74, 6) is -0.832. The monoisotopic (exact) mass is 486 g/mol. The summed E-state index contributed by atoms with van der Waals surface area (Å²) in [7, 11) is -4.33. The zero-order chi connectivity index (χ0) is 25.2. The summed E-state index contributed by atoms with van der Waals surface area (Å²) >= 11 is 0. The zero-order valence-electron chi connectivity index (χ0n) is 18.8. The van der Waals surface area contributed by atoms with Crippen molar-refractivity contribution in [1.29, 1.82) is 5.26 Å². The van der Waals surface area contributed by atoms with Gasteiger partial charge in [-0.25, -0.2) is 8.42 Å². The standard InChI is InChI=1S/C26H22N4O4S/c1-17(31)29-20-12-14-21(15-13-20)35(33,34)30-24(18-8-4-2-5-9-18)22(16-27)23(28)25(30)26(32)19-10-6-3-7-11-19/h2-15,24-25H,28H2,1H3,(H,29,31)/t24-,25-/m1/s1. The van der Waals surface area contributed by atoms with E-state index in [4.69, 9.17) is 5.73 Å². The summed E-state index contributed by atoms with van der Waals surface area (Å²) in [6, 6.07) is 21.9. The number of nitriles is 1. The number of anilines is 1. The van der Waals surface area contributed by atoms with E-state index in [-0.39, 0.29) is 27.6 Å². The zero-order valence-corrected chi connectivity index (χ0v) is 19.6. The predicted octanol–water partition coefficient (Wildman–Crippen LogP) is 3.38. The molecule has 0 spiro atoms. The van der Waals surface area contributed by atoms with Crippen LogP contribution in [-0.4, -0.2) is 30.5 Å². The molecular formula is C26H22N4O4S. The molecule has 0 unspecified atom stereocenters. The van der Waals surface area contributed by atoms with Crippen molar-refractivity contribution < 1.29 is 18.0 Å². The first kappa shape index (κ1) is 23.9. The van der Waals surface area contributed by atoms with Gasteiger partial charge in [-0.1, -0.05) is 60.7 Å². The van der Waals surface area contributed by atoms with Crippen molar-refractivity contribution in [2.24, 2.45) is 5.73 Å². The van der Waals surface area contributed by atoms with Crippen molar-refractivity contribution in [2.45, 2.75) is 23.9 Å². The molecule has 8 nitrogen and oxygen atoms in total. The fourth-order valence-electron chi connectivity index (χ4n) is 4.12. The van der Waals surface area contributed by atoms with Gasteiger partial charge in [0.1, 0.15) is 6.04 Å². The maximum absolute atomic E-state index is 14.0. The highest BCUT2D eigenvalue weighted by Crippen LogP contribution is 2.43. The lowest BCUT2D eigenvalue weighted by atomic mass is 10.00. The molecule has 9 heteroatoms. The number of carbonyl (C=O) groups is 2. The molecule has 0 saturated carbocycles. The molecule has 176 valence electrons. The summed E-state index contributed by atoms with van der Waals surface area (Å²) in [5, 5.41) is 12.5. The Morgan fingerprint density at radius 2 is 1.51 bits per heavy atom. The van der Waals surface area contributed by atoms with E-state index in [1.807, 2.05) is 6.07 Å². The molecule has 0 radical (unpaired) electrons. The summed E-state index contributed by atoms with van der Waals surface area (Å²) < 4.78 is 29.0. The highest BCUT2D eigenvalue weighted by Gasteiger charge is 2.50. The Balaban J connectivity index is 1.88. The van der Waals surface area contributed by atoms with E-state index < -0.39 is 27.9 Å². The number of nitrogens with zero attached hydrogens (tertiary/aromatic N) is 2. The van der Waals surface area contributed by atoms with Crippen LogP contribution >= 0.6 is 0 Å². The van der Waals surface area contributed by atoms with Crippen molar-refractivity contribution in [1.82, 2.24) is 4.31 Å². The van der Waals surface area contributed by atoms with Crippen LogP contribution in [-0.2, 0) is 14.8 Å². The molecule has 0 aromatic heterocycles. The lowest BCUT2D eigenvalue weighted by Crippen LogP contribution is -2.45. The molecule has 35 heavy (non-hydrogen) atoms. The lowest BCUT2D eigenvalue weighted by molar-refractivity contribution is -0.114. The summed E-state index contributed by atoms with van der Waals surface area (Å²) in [5.41, 5.74) is 7.43. The maximum Gasteiger partial charge on any atom is 0.245 e. The van der Waals surface area contributed by atoms with E-state index in [1.165, 1.54) is 31.2 Å². The van der Waals surface area contributed by atoms with Gasteiger partial charge in [-0.3, -0.25) is 9.59 Å². The van der Waals surface area contributed by atoms with Crippen LogP contribution in [0.3, 0.4) is 0 Å². The number of sulfonamides is 1. The van der Waals surface area contributed by atoms with Gasteiger partial charge in [0, 0.05) is 18.2 Å². The van der Waals surface area contributed by atoms with E-state index >= 15 is 0 Å². The third-order valence-electron chi connectivity index (χ3n) is 5.68. The van der Waals surface area contributed by atoms with Crippen LogP contribution in [0.4, 0.5) is 5.69 Å². The number of amides is 1. The largest absolute Gasteiger partial charge is 0.399 e. The van der Waals surface area contributed by atoms with Gasteiger partial charge in [0.2, 0.25) is 15.9 Å². The molecule has 0 aliphatic carbocycles. The quantitative estimate of drug-likeness (QED) is 0.513. The minimum atomic E-state index is -4.33. The highest BCUT2D eigenvalue weighted by molar-refractivity contribution is 7.89. The summed E-state index contributed by atoms with van der Waals surface area (Å²) in [6.45, 7) is 1.34. The molecule has 1 heterocycles. The van der Waals surface area contributed by atoms with Gasteiger partial charge in [-0.05, 0) is 29.8 Å². The van der Waals surface area contributed by atoms with E-state index in [9.17, 15) is 23.3 Å². The Morgan fingerprint density at radius 3 is 2.06 bits per heavy atom. The third-order valence-corrected chi connectivity index (χ3v) is 7.53. The summed E-state index contributed by atoms with van der Waals surface area (Å²) in [4.78, 5) is 24.8. The van der Waals surface area contributed by atoms with Gasteiger partial charge >= 0.3 is 0 Å².